The molecule has 0 heterocycles. The Hall–Kier alpha value is -0.530. The first-order chi connectivity index (χ1) is 23.8. The zero-order valence-electron chi connectivity index (χ0n) is 33.7. The number of carbonyl (C=O) groups is 1. The molecule has 0 aromatic carbocycles. The average molecular weight is 677 g/mol. The maximum Gasteiger partial charge on any atom is 0.305 e. The number of unbranched alkanes of at least 4 members (excludes halogenated alkanes) is 39. The topological polar surface area (TPSA) is 26.3 Å². The minimum atomic E-state index is 0.0317. The smallest absolute Gasteiger partial charge is 0.305 e. The normalized spacial score (nSPS) is 11.5. The van der Waals surface area contributed by atoms with Crippen molar-refractivity contribution in [3.63, 3.8) is 0 Å². The molecule has 0 aromatic rings. The number of rotatable bonds is 43. The zero-order chi connectivity index (χ0) is 34.7. The molecule has 2 heteroatoms. The van der Waals surface area contributed by atoms with E-state index in [1.807, 2.05) is 0 Å². The van der Waals surface area contributed by atoms with E-state index in [9.17, 15) is 4.79 Å². The molecule has 288 valence electrons. The molecule has 0 aliphatic carbocycles. The van der Waals surface area contributed by atoms with E-state index < -0.39 is 0 Å². The van der Waals surface area contributed by atoms with Gasteiger partial charge in [-0.2, -0.15) is 0 Å². The Morgan fingerprint density at radius 3 is 0.688 bits per heavy atom. The van der Waals surface area contributed by atoms with Gasteiger partial charge in [-0.1, -0.05) is 264 Å². The van der Waals surface area contributed by atoms with Crippen molar-refractivity contribution in [1.82, 2.24) is 0 Å². The Labute approximate surface area is 304 Å². The van der Waals surface area contributed by atoms with E-state index in [0.717, 1.165) is 12.8 Å². The molecule has 0 unspecified atom stereocenters. The van der Waals surface area contributed by atoms with Gasteiger partial charge in [-0.3, -0.25) is 4.79 Å². The van der Waals surface area contributed by atoms with Crippen LogP contribution >= 0.6 is 0 Å². The van der Waals surface area contributed by atoms with E-state index in [4.69, 9.17) is 4.74 Å². The lowest BCUT2D eigenvalue weighted by molar-refractivity contribution is -0.143. The van der Waals surface area contributed by atoms with Crippen molar-refractivity contribution in [1.29, 1.82) is 0 Å². The summed E-state index contributed by atoms with van der Waals surface area (Å²) in [7, 11) is 0. The van der Waals surface area contributed by atoms with Crippen LogP contribution in [0.15, 0.2) is 0 Å². The van der Waals surface area contributed by atoms with E-state index in [2.05, 4.69) is 13.8 Å². The summed E-state index contributed by atoms with van der Waals surface area (Å²) in [4.78, 5) is 12.0. The average Bonchev–Trinajstić information content (AvgIpc) is 3.09. The fourth-order valence-electron chi connectivity index (χ4n) is 7.32. The lowest BCUT2D eigenvalue weighted by Gasteiger charge is -2.06. The van der Waals surface area contributed by atoms with Crippen molar-refractivity contribution in [2.45, 2.75) is 284 Å². The predicted octanol–water partition coefficient (Wildman–Crippen LogP) is 17.0. The van der Waals surface area contributed by atoms with Crippen LogP contribution in [0.2, 0.25) is 0 Å². The summed E-state index contributed by atoms with van der Waals surface area (Å²) in [5, 5.41) is 0. The van der Waals surface area contributed by atoms with Crippen molar-refractivity contribution in [3.05, 3.63) is 0 Å². The van der Waals surface area contributed by atoms with Crippen molar-refractivity contribution < 1.29 is 9.53 Å². The second-order valence-corrected chi connectivity index (χ2v) is 15.8. The fraction of sp³-hybridized carbons (Fsp3) is 0.978. The van der Waals surface area contributed by atoms with Crippen LogP contribution in [0.25, 0.3) is 0 Å². The van der Waals surface area contributed by atoms with Crippen molar-refractivity contribution in [2.75, 3.05) is 6.61 Å². The second-order valence-electron chi connectivity index (χ2n) is 15.8. The molecule has 0 aliphatic rings. The van der Waals surface area contributed by atoms with E-state index >= 15 is 0 Å². The Bertz CT molecular complexity index is 572. The number of hydrogen-bond donors (Lipinski definition) is 0. The highest BCUT2D eigenvalue weighted by Crippen LogP contribution is 2.17. The summed E-state index contributed by atoms with van der Waals surface area (Å²) < 4.78 is 5.47. The molecule has 0 bridgehead atoms. The first kappa shape index (κ1) is 47.5. The van der Waals surface area contributed by atoms with Crippen molar-refractivity contribution in [2.24, 2.45) is 0 Å². The van der Waals surface area contributed by atoms with Crippen LogP contribution < -0.4 is 0 Å². The van der Waals surface area contributed by atoms with Gasteiger partial charge in [-0.05, 0) is 12.8 Å². The van der Waals surface area contributed by atoms with Gasteiger partial charge in [0.15, 0.2) is 0 Å². The lowest BCUT2D eigenvalue weighted by atomic mass is 10.0. The van der Waals surface area contributed by atoms with Crippen molar-refractivity contribution >= 4 is 5.97 Å². The van der Waals surface area contributed by atoms with Gasteiger partial charge in [0.2, 0.25) is 0 Å². The van der Waals surface area contributed by atoms with E-state index in [1.54, 1.807) is 0 Å². The maximum absolute atomic E-state index is 12.0. The van der Waals surface area contributed by atoms with Gasteiger partial charge >= 0.3 is 5.97 Å². The molecule has 2 nitrogen and oxygen atoms in total. The molecule has 0 spiro atoms. The van der Waals surface area contributed by atoms with Crippen LogP contribution in [0.3, 0.4) is 0 Å². The Morgan fingerprint density at radius 2 is 0.458 bits per heavy atom. The van der Waals surface area contributed by atoms with Gasteiger partial charge in [0.05, 0.1) is 6.61 Å². The molecule has 0 saturated carbocycles. The third-order valence-corrected chi connectivity index (χ3v) is 10.7. The molecule has 0 saturated heterocycles. The summed E-state index contributed by atoms with van der Waals surface area (Å²) in [6.45, 7) is 5.23. The first-order valence-electron chi connectivity index (χ1n) is 23.0. The standard InChI is InChI=1S/C46H92O2/c1-3-5-7-9-11-13-15-17-19-20-21-22-23-24-25-26-27-28-29-30-31-32-34-36-38-40-42-44-46(47)48-45-43-41-39-37-35-33-18-16-14-12-10-8-6-4-2/h3-45H2,1-2H3. The van der Waals surface area contributed by atoms with E-state index in [-0.39, 0.29) is 5.97 Å². The minimum absolute atomic E-state index is 0.0317. The molecule has 0 aliphatic heterocycles. The molecule has 0 rings (SSSR count). The monoisotopic (exact) mass is 677 g/mol. The highest BCUT2D eigenvalue weighted by molar-refractivity contribution is 5.69. The zero-order valence-corrected chi connectivity index (χ0v) is 33.7. The van der Waals surface area contributed by atoms with Crippen LogP contribution in [-0.2, 0) is 9.53 Å². The Balaban J connectivity index is 3.13. The molecule has 0 atom stereocenters. The number of carbonyl (C=O) groups excluding carboxylic acids is 1. The van der Waals surface area contributed by atoms with Crippen LogP contribution in [0.4, 0.5) is 0 Å². The molecule has 0 radical (unpaired) electrons. The fourth-order valence-corrected chi connectivity index (χ4v) is 7.32. The van der Waals surface area contributed by atoms with Gasteiger partial charge in [-0.15, -0.1) is 0 Å². The van der Waals surface area contributed by atoms with E-state index in [1.165, 1.54) is 250 Å². The molecule has 0 fully saturated rings. The summed E-state index contributed by atoms with van der Waals surface area (Å²) in [6.07, 6.45) is 57.9. The van der Waals surface area contributed by atoms with Crippen LogP contribution in [-0.4, -0.2) is 12.6 Å². The molecular formula is C46H92O2. The van der Waals surface area contributed by atoms with Gasteiger partial charge in [0, 0.05) is 6.42 Å². The predicted molar refractivity (Wildman–Crippen MR) is 216 cm³/mol. The van der Waals surface area contributed by atoms with Gasteiger partial charge in [0.25, 0.3) is 0 Å². The maximum atomic E-state index is 12.0. The summed E-state index contributed by atoms with van der Waals surface area (Å²) in [6, 6.07) is 0. The first-order valence-corrected chi connectivity index (χ1v) is 23.0. The summed E-state index contributed by atoms with van der Waals surface area (Å²) >= 11 is 0. The summed E-state index contributed by atoms with van der Waals surface area (Å²) in [5.74, 6) is 0.0317. The summed E-state index contributed by atoms with van der Waals surface area (Å²) in [5.41, 5.74) is 0. The largest absolute Gasteiger partial charge is 0.466 e. The third-order valence-electron chi connectivity index (χ3n) is 10.7. The molecule has 0 amide bonds. The third kappa shape index (κ3) is 43.5. The number of hydrogen-bond acceptors (Lipinski definition) is 2. The van der Waals surface area contributed by atoms with Crippen LogP contribution in [0.1, 0.15) is 284 Å². The van der Waals surface area contributed by atoms with Crippen LogP contribution in [0.5, 0.6) is 0 Å². The van der Waals surface area contributed by atoms with Gasteiger partial charge in [-0.25, -0.2) is 0 Å². The molecule has 0 N–H and O–H groups in total. The molecule has 48 heavy (non-hydrogen) atoms. The van der Waals surface area contributed by atoms with Crippen LogP contribution in [0, 0.1) is 0 Å². The lowest BCUT2D eigenvalue weighted by Crippen LogP contribution is -2.05. The Kier molecular flexibility index (Phi) is 44.0. The SMILES string of the molecule is CCCCCCCCCCCCCCCCCCCCCCCCCCCCCC(=O)OCCCCCCCCCCCCCCCC. The van der Waals surface area contributed by atoms with Gasteiger partial charge < -0.3 is 4.74 Å². The number of ether oxygens (including phenoxy) is 1. The Morgan fingerprint density at radius 1 is 0.271 bits per heavy atom. The quantitative estimate of drug-likeness (QED) is 0.0474. The highest BCUT2D eigenvalue weighted by Gasteiger charge is 2.03. The minimum Gasteiger partial charge on any atom is -0.466 e. The van der Waals surface area contributed by atoms with E-state index in [0.29, 0.717) is 13.0 Å². The number of esters is 1. The van der Waals surface area contributed by atoms with Gasteiger partial charge in [0.1, 0.15) is 0 Å². The molecule has 0 aromatic heterocycles. The van der Waals surface area contributed by atoms with Crippen molar-refractivity contribution in [3.8, 4) is 0 Å². The molecular weight excluding hydrogens is 585 g/mol. The highest BCUT2D eigenvalue weighted by atomic mass is 16.5. The second kappa shape index (κ2) is 44.5.